The van der Waals surface area contributed by atoms with Gasteiger partial charge in [0.15, 0.2) is 20.4 Å². The summed E-state index contributed by atoms with van der Waals surface area (Å²) in [5, 5.41) is 23.7. The van der Waals surface area contributed by atoms with Crippen molar-refractivity contribution >= 4 is 14.3 Å². The molecule has 3 fully saturated rings. The second-order valence-corrected chi connectivity index (χ2v) is 24.7. The van der Waals surface area contributed by atoms with Crippen molar-refractivity contribution in [3.63, 3.8) is 0 Å². The Morgan fingerprint density at radius 2 is 1.75 bits per heavy atom. The van der Waals surface area contributed by atoms with Crippen LogP contribution in [0.5, 0.6) is 0 Å². The van der Waals surface area contributed by atoms with Crippen LogP contribution < -0.4 is 0 Å². The van der Waals surface area contributed by atoms with E-state index < -0.39 is 80.6 Å². The van der Waals surface area contributed by atoms with Gasteiger partial charge in [0.2, 0.25) is 0 Å². The van der Waals surface area contributed by atoms with Crippen LogP contribution in [0.1, 0.15) is 101 Å². The number of hydrogen-bond acceptors (Lipinski definition) is 11. The highest BCUT2D eigenvalue weighted by atomic mass is 28.4. The Kier molecular flexibility index (Phi) is 14.2. The fourth-order valence-electron chi connectivity index (χ4n) is 9.50. The SMILES string of the molecule is CC[C@H](C)[C@H]1O[C@]2(C=C[C@@H]1C)C[C@@H]1C[C@@H](C/C=C(\C)[C@@H](O[C@H]3C[C@H](OC)[C@@H](O)[C@H](C)O3)[C@@H](C)/C=C/C=C3\CO[C@@H]4[C@H](O[Si](C)(C)C(C)(C)C)C(C)=C[C@@H](C(=O)O1)[C@]34O)O2. The molecule has 332 valence electrons. The van der Waals surface area contributed by atoms with Gasteiger partial charge in [0.05, 0.1) is 43.2 Å². The molecule has 0 aromatic rings. The third-order valence-electron chi connectivity index (χ3n) is 14.5. The summed E-state index contributed by atoms with van der Waals surface area (Å²) >= 11 is 0. The average Bonchev–Trinajstić information content (AvgIpc) is 3.51. The number of allylic oxidation sites excluding steroid dienone is 2. The van der Waals surface area contributed by atoms with Gasteiger partial charge < -0.3 is 47.8 Å². The first-order valence-electron chi connectivity index (χ1n) is 22.1. The summed E-state index contributed by atoms with van der Waals surface area (Å²) in [5.74, 6) is -2.28. The molecule has 2 bridgehead atoms. The summed E-state index contributed by atoms with van der Waals surface area (Å²) in [6.07, 6.45) is 11.7. The molecule has 12 heteroatoms. The van der Waals surface area contributed by atoms with E-state index in [0.29, 0.717) is 31.3 Å². The smallest absolute Gasteiger partial charge is 0.316 e. The zero-order valence-electron chi connectivity index (χ0n) is 37.9. The molecule has 6 rings (SSSR count). The van der Waals surface area contributed by atoms with Crippen LogP contribution >= 0.6 is 0 Å². The summed E-state index contributed by atoms with van der Waals surface area (Å²) in [5.41, 5.74) is 0.703. The normalized spacial score (nSPS) is 45.0. The maximum atomic E-state index is 14.7. The zero-order valence-corrected chi connectivity index (χ0v) is 38.9. The Hall–Kier alpha value is -1.97. The van der Waals surface area contributed by atoms with Gasteiger partial charge in [0.25, 0.3) is 0 Å². The van der Waals surface area contributed by atoms with Gasteiger partial charge in [-0.1, -0.05) is 91.3 Å². The average molecular weight is 843 g/mol. The van der Waals surface area contributed by atoms with Crippen LogP contribution in [-0.2, 0) is 42.4 Å². The Morgan fingerprint density at radius 3 is 2.42 bits per heavy atom. The third-order valence-corrected chi connectivity index (χ3v) is 18.9. The van der Waals surface area contributed by atoms with Gasteiger partial charge in [0, 0.05) is 38.2 Å². The van der Waals surface area contributed by atoms with Crippen LogP contribution in [0.15, 0.2) is 59.3 Å². The summed E-state index contributed by atoms with van der Waals surface area (Å²) in [4.78, 5) is 14.7. The molecule has 1 spiro atoms. The first kappa shape index (κ1) is 46.5. The van der Waals surface area contributed by atoms with Crippen molar-refractivity contribution < 1.29 is 52.6 Å². The Labute approximate surface area is 354 Å². The number of carbonyl (C=O) groups excluding carboxylic acids is 1. The topological polar surface area (TPSA) is 131 Å². The van der Waals surface area contributed by atoms with Crippen LogP contribution in [0, 0.1) is 23.7 Å². The number of esters is 1. The molecule has 16 atom stereocenters. The lowest BCUT2D eigenvalue weighted by molar-refractivity contribution is -0.300. The van der Waals surface area contributed by atoms with Crippen LogP contribution in [0.3, 0.4) is 0 Å². The summed E-state index contributed by atoms with van der Waals surface area (Å²) < 4.78 is 52.5. The van der Waals surface area contributed by atoms with Crippen molar-refractivity contribution in [2.24, 2.45) is 23.7 Å². The minimum Gasteiger partial charge on any atom is -0.462 e. The van der Waals surface area contributed by atoms with E-state index in [4.69, 9.17) is 37.6 Å². The quantitative estimate of drug-likeness (QED) is 0.148. The predicted octanol–water partition coefficient (Wildman–Crippen LogP) is 7.87. The molecule has 0 radical (unpaired) electrons. The van der Waals surface area contributed by atoms with E-state index in [9.17, 15) is 15.0 Å². The lowest BCUT2D eigenvalue weighted by Gasteiger charge is -2.49. The van der Waals surface area contributed by atoms with E-state index in [2.05, 4.69) is 80.6 Å². The molecule has 0 aromatic heterocycles. The van der Waals surface area contributed by atoms with Crippen LogP contribution in [0.2, 0.25) is 18.1 Å². The fourth-order valence-corrected chi connectivity index (χ4v) is 10.8. The Morgan fingerprint density at radius 1 is 1.02 bits per heavy atom. The molecule has 6 aliphatic rings. The van der Waals surface area contributed by atoms with Gasteiger partial charge in [-0.25, -0.2) is 0 Å². The van der Waals surface area contributed by atoms with Gasteiger partial charge in [-0.2, -0.15) is 0 Å². The number of aliphatic hydroxyl groups excluding tert-OH is 1. The first-order valence-corrected chi connectivity index (χ1v) is 25.1. The molecule has 0 saturated carbocycles. The van der Waals surface area contributed by atoms with Crippen molar-refractivity contribution in [2.45, 2.75) is 192 Å². The maximum Gasteiger partial charge on any atom is 0.316 e. The van der Waals surface area contributed by atoms with Crippen molar-refractivity contribution in [2.75, 3.05) is 13.7 Å². The molecule has 5 aliphatic heterocycles. The highest BCUT2D eigenvalue weighted by Crippen LogP contribution is 2.50. The molecule has 11 nitrogen and oxygen atoms in total. The number of hydrogen-bond donors (Lipinski definition) is 2. The zero-order chi connectivity index (χ0) is 43.2. The van der Waals surface area contributed by atoms with E-state index in [1.807, 2.05) is 44.2 Å². The number of ether oxygens (including phenoxy) is 7. The van der Waals surface area contributed by atoms with Crippen molar-refractivity contribution in [3.8, 4) is 0 Å². The monoisotopic (exact) mass is 843 g/mol. The predicted molar refractivity (Wildman–Crippen MR) is 229 cm³/mol. The fraction of sp³-hybridized carbons (Fsp3) is 0.766. The molecule has 59 heavy (non-hydrogen) atoms. The number of aliphatic hydroxyl groups is 2. The second kappa shape index (κ2) is 18.0. The molecule has 2 N–H and O–H groups in total. The lowest BCUT2D eigenvalue weighted by Crippen LogP contribution is -2.60. The van der Waals surface area contributed by atoms with Crippen LogP contribution in [-0.4, -0.2) is 111 Å². The first-order chi connectivity index (χ1) is 27.6. The Bertz CT molecular complexity index is 1660. The van der Waals surface area contributed by atoms with Gasteiger partial charge >= 0.3 is 5.97 Å². The van der Waals surface area contributed by atoms with Crippen molar-refractivity contribution in [1.82, 2.24) is 0 Å². The highest BCUT2D eigenvalue weighted by Gasteiger charge is 2.61. The van der Waals surface area contributed by atoms with Gasteiger partial charge in [0.1, 0.15) is 29.8 Å². The molecule has 0 amide bonds. The second-order valence-electron chi connectivity index (χ2n) is 19.9. The number of carbonyl (C=O) groups is 1. The number of methoxy groups -OCH3 is 1. The highest BCUT2D eigenvalue weighted by molar-refractivity contribution is 6.74. The van der Waals surface area contributed by atoms with E-state index in [1.165, 1.54) is 0 Å². The van der Waals surface area contributed by atoms with Gasteiger partial charge in [-0.3, -0.25) is 4.79 Å². The maximum absolute atomic E-state index is 14.7. The minimum atomic E-state index is -2.34. The summed E-state index contributed by atoms with van der Waals surface area (Å²) in [6.45, 7) is 25.6. The van der Waals surface area contributed by atoms with E-state index in [1.54, 1.807) is 7.11 Å². The van der Waals surface area contributed by atoms with Crippen LogP contribution in [0.25, 0.3) is 0 Å². The van der Waals surface area contributed by atoms with E-state index in [-0.39, 0.29) is 41.6 Å². The minimum absolute atomic E-state index is 0.0699. The lowest BCUT2D eigenvalue weighted by atomic mass is 9.71. The largest absolute Gasteiger partial charge is 0.462 e. The number of fused-ring (bicyclic) bond motifs is 2. The van der Waals surface area contributed by atoms with E-state index in [0.717, 1.165) is 17.6 Å². The van der Waals surface area contributed by atoms with E-state index >= 15 is 0 Å². The third kappa shape index (κ3) is 9.53. The molecule has 0 aromatic carbocycles. The van der Waals surface area contributed by atoms with Crippen molar-refractivity contribution in [1.29, 1.82) is 0 Å². The van der Waals surface area contributed by atoms with Crippen molar-refractivity contribution in [3.05, 3.63) is 59.3 Å². The van der Waals surface area contributed by atoms with Gasteiger partial charge in [-0.15, -0.1) is 0 Å². The molecular formula is C47H74O11Si. The Balaban J connectivity index is 1.42. The molecule has 3 saturated heterocycles. The summed E-state index contributed by atoms with van der Waals surface area (Å²) in [7, 11) is -0.748. The standard InChI is InChI=1S/C47H74O11Si/c1-14-27(2)41-30(5)20-21-46(57-41)25-35-23-34(56-46)19-18-29(4)40(55-38-24-37(51-11)39(48)32(7)53-38)28(3)16-15-17-33-26-52-43-42(58-59(12,13)45(8,9)10)31(6)22-36(44(49)54-35)47(33,43)50/h15-18,20-22,27-28,30,32,34-43,48,50H,14,19,23-26H2,1-13H3/b16-15+,29-18+,33-17+/t27-,28-,30-,32-,34+,35-,36-,37-,38-,39-,40-,41+,42+,43+,46+,47+/m0/s1. The molecule has 0 unspecified atom stereocenters. The molecule has 5 heterocycles. The molecule has 1 aliphatic carbocycles. The molecular weight excluding hydrogens is 769 g/mol. The van der Waals surface area contributed by atoms with Crippen LogP contribution in [0.4, 0.5) is 0 Å². The number of rotatable bonds is 7. The van der Waals surface area contributed by atoms with Gasteiger partial charge in [-0.05, 0) is 74.0 Å². The summed E-state index contributed by atoms with van der Waals surface area (Å²) in [6, 6.07) is 0.